The van der Waals surface area contributed by atoms with Gasteiger partial charge < -0.3 is 14.3 Å². The number of anilines is 1. The lowest BCUT2D eigenvalue weighted by Gasteiger charge is -2.25. The van der Waals surface area contributed by atoms with Crippen LogP contribution in [0.3, 0.4) is 0 Å². The summed E-state index contributed by atoms with van der Waals surface area (Å²) in [6.07, 6.45) is 0. The highest BCUT2D eigenvalue weighted by Crippen LogP contribution is 2.43. The van der Waals surface area contributed by atoms with E-state index in [1.54, 1.807) is 25.1 Å². The molecule has 6 nitrogen and oxygen atoms in total. The van der Waals surface area contributed by atoms with Gasteiger partial charge >= 0.3 is 0 Å². The van der Waals surface area contributed by atoms with Crippen molar-refractivity contribution in [2.75, 3.05) is 11.5 Å². The average Bonchev–Trinajstić information content (AvgIpc) is 3.09. The third-order valence-electron chi connectivity index (χ3n) is 5.54. The lowest BCUT2D eigenvalue weighted by Crippen LogP contribution is -2.29. The van der Waals surface area contributed by atoms with Gasteiger partial charge in [-0.2, -0.15) is 0 Å². The molecule has 166 valence electrons. The van der Waals surface area contributed by atoms with Gasteiger partial charge in [-0.25, -0.2) is 4.39 Å². The van der Waals surface area contributed by atoms with Crippen LogP contribution in [0, 0.1) is 5.82 Å². The number of carbonyl (C=O) groups excluding carboxylic acids is 1. The van der Waals surface area contributed by atoms with Crippen molar-refractivity contribution in [1.29, 1.82) is 0 Å². The minimum Gasteiger partial charge on any atom is -0.504 e. The fraction of sp³-hybridized carbons (Fsp3) is 0.120. The van der Waals surface area contributed by atoms with Crippen LogP contribution < -0.4 is 15.1 Å². The smallest absolute Gasteiger partial charge is 0.295 e. The number of rotatable bonds is 4. The molecular weight excluding hydrogens is 449 g/mol. The van der Waals surface area contributed by atoms with Gasteiger partial charge in [0.15, 0.2) is 16.9 Å². The van der Waals surface area contributed by atoms with E-state index < -0.39 is 23.2 Å². The van der Waals surface area contributed by atoms with Crippen LogP contribution in [0.4, 0.5) is 10.1 Å². The summed E-state index contributed by atoms with van der Waals surface area (Å²) in [6, 6.07) is 13.7. The molecule has 0 saturated carbocycles. The van der Waals surface area contributed by atoms with Gasteiger partial charge in [0.1, 0.15) is 11.4 Å². The molecule has 1 aliphatic heterocycles. The molecule has 1 N–H and O–H groups in total. The zero-order chi connectivity index (χ0) is 23.3. The van der Waals surface area contributed by atoms with Crippen molar-refractivity contribution >= 4 is 34.2 Å². The molecule has 0 bridgehead atoms. The molecule has 0 fully saturated rings. The van der Waals surface area contributed by atoms with Crippen LogP contribution in [0.5, 0.6) is 11.5 Å². The van der Waals surface area contributed by atoms with E-state index >= 15 is 0 Å². The molecule has 2 heterocycles. The summed E-state index contributed by atoms with van der Waals surface area (Å²) in [6.45, 7) is 2.08. The second-order valence-electron chi connectivity index (χ2n) is 7.53. The first-order valence-corrected chi connectivity index (χ1v) is 10.6. The lowest BCUT2D eigenvalue weighted by molar-refractivity contribution is 0.0971. The van der Waals surface area contributed by atoms with Gasteiger partial charge in [0.05, 0.1) is 23.6 Å². The molecule has 1 atom stereocenters. The molecule has 4 aromatic rings. The lowest BCUT2D eigenvalue weighted by atomic mass is 9.97. The number of amides is 1. The maximum atomic E-state index is 13.6. The first-order valence-electron chi connectivity index (χ1n) is 10.2. The highest BCUT2D eigenvalue weighted by Gasteiger charge is 2.44. The zero-order valence-corrected chi connectivity index (χ0v) is 18.1. The SMILES string of the molecule is CCOc1cc(C2c3c(oc4ccc(Cl)cc4c3=O)C(=O)N2c2ccc(F)cc2)ccc1O. The number of phenols is 1. The number of halogens is 2. The van der Waals surface area contributed by atoms with Gasteiger partial charge in [-0.1, -0.05) is 17.7 Å². The number of hydrogen-bond acceptors (Lipinski definition) is 5. The van der Waals surface area contributed by atoms with E-state index in [1.807, 2.05) is 0 Å². The Balaban J connectivity index is 1.80. The molecular formula is C25H17ClFNO5. The number of hydrogen-bond donors (Lipinski definition) is 1. The van der Waals surface area contributed by atoms with E-state index in [0.29, 0.717) is 22.9 Å². The third kappa shape index (κ3) is 3.41. The standard InChI is InChI=1S/C25H17ClFNO5/c1-2-32-20-11-13(3-9-18(20)29)22-21-23(30)17-12-14(26)4-10-19(17)33-24(21)25(31)28(22)16-7-5-15(27)6-8-16/h3-12,22,29H,2H2,1H3. The molecule has 0 saturated heterocycles. The summed E-state index contributed by atoms with van der Waals surface area (Å²) in [5.74, 6) is -0.965. The van der Waals surface area contributed by atoms with Crippen molar-refractivity contribution in [3.63, 3.8) is 0 Å². The van der Waals surface area contributed by atoms with Crippen LogP contribution >= 0.6 is 11.6 Å². The van der Waals surface area contributed by atoms with E-state index in [2.05, 4.69) is 0 Å². The van der Waals surface area contributed by atoms with Gasteiger partial charge in [0.2, 0.25) is 5.76 Å². The van der Waals surface area contributed by atoms with Crippen molar-refractivity contribution < 1.29 is 23.4 Å². The molecule has 1 amide bonds. The van der Waals surface area contributed by atoms with Crippen LogP contribution in [-0.2, 0) is 0 Å². The predicted molar refractivity (Wildman–Crippen MR) is 122 cm³/mol. The van der Waals surface area contributed by atoms with E-state index in [9.17, 15) is 19.1 Å². The van der Waals surface area contributed by atoms with Crippen molar-refractivity contribution in [2.45, 2.75) is 13.0 Å². The largest absolute Gasteiger partial charge is 0.504 e. The molecule has 33 heavy (non-hydrogen) atoms. The number of phenolic OH excluding ortho intramolecular Hbond substituents is 1. The molecule has 3 aromatic carbocycles. The Labute approximate surface area is 192 Å². The first kappa shape index (κ1) is 21.0. The maximum absolute atomic E-state index is 13.6. The summed E-state index contributed by atoms with van der Waals surface area (Å²) in [5.41, 5.74) is 0.860. The van der Waals surface area contributed by atoms with Crippen molar-refractivity contribution in [1.82, 2.24) is 0 Å². The summed E-state index contributed by atoms with van der Waals surface area (Å²) in [4.78, 5) is 28.4. The first-order chi connectivity index (χ1) is 15.9. The van der Waals surface area contributed by atoms with Crippen LogP contribution in [0.2, 0.25) is 5.02 Å². The molecule has 1 unspecified atom stereocenters. The number of carbonyl (C=O) groups is 1. The second-order valence-corrected chi connectivity index (χ2v) is 7.97. The molecule has 8 heteroatoms. The zero-order valence-electron chi connectivity index (χ0n) is 17.3. The number of fused-ring (bicyclic) bond motifs is 2. The summed E-state index contributed by atoms with van der Waals surface area (Å²) in [7, 11) is 0. The predicted octanol–water partition coefficient (Wildman–Crippen LogP) is 5.44. The van der Waals surface area contributed by atoms with Crippen molar-refractivity contribution in [2.24, 2.45) is 0 Å². The second kappa shape index (κ2) is 7.94. The number of nitrogens with zero attached hydrogens (tertiary/aromatic N) is 1. The Kier molecular flexibility index (Phi) is 5.06. The van der Waals surface area contributed by atoms with Gasteiger partial charge in [0, 0.05) is 10.7 Å². The van der Waals surface area contributed by atoms with Gasteiger partial charge in [-0.05, 0) is 67.1 Å². The normalized spacial score (nSPS) is 15.2. The number of benzene rings is 3. The summed E-state index contributed by atoms with van der Waals surface area (Å²) < 4.78 is 25.0. The molecule has 0 spiro atoms. The van der Waals surface area contributed by atoms with Crippen molar-refractivity contribution in [3.8, 4) is 11.5 Å². The quantitative estimate of drug-likeness (QED) is 0.434. The third-order valence-corrected chi connectivity index (χ3v) is 5.77. The highest BCUT2D eigenvalue weighted by atomic mass is 35.5. The Hall–Kier alpha value is -3.84. The Morgan fingerprint density at radius 2 is 1.85 bits per heavy atom. The van der Waals surface area contributed by atoms with E-state index in [0.717, 1.165) is 0 Å². The summed E-state index contributed by atoms with van der Waals surface area (Å²) in [5, 5.41) is 10.7. The van der Waals surface area contributed by atoms with Crippen LogP contribution in [-0.4, -0.2) is 17.6 Å². The minimum atomic E-state index is -0.891. The average molecular weight is 466 g/mol. The van der Waals surface area contributed by atoms with Crippen LogP contribution in [0.1, 0.15) is 34.6 Å². The molecule has 5 rings (SSSR count). The van der Waals surface area contributed by atoms with Crippen LogP contribution in [0.15, 0.2) is 69.9 Å². The minimum absolute atomic E-state index is 0.0733. The van der Waals surface area contributed by atoms with Crippen molar-refractivity contribution in [3.05, 3.63) is 98.6 Å². The molecule has 0 aliphatic carbocycles. The summed E-state index contributed by atoms with van der Waals surface area (Å²) >= 11 is 6.10. The van der Waals surface area contributed by atoms with E-state index in [4.69, 9.17) is 20.8 Å². The molecule has 1 aromatic heterocycles. The number of aromatic hydroxyl groups is 1. The Bertz CT molecular complexity index is 1460. The maximum Gasteiger partial charge on any atom is 0.295 e. The Morgan fingerprint density at radius 1 is 1.09 bits per heavy atom. The topological polar surface area (TPSA) is 80.0 Å². The monoisotopic (exact) mass is 465 g/mol. The fourth-order valence-corrected chi connectivity index (χ4v) is 4.27. The fourth-order valence-electron chi connectivity index (χ4n) is 4.10. The molecule has 1 aliphatic rings. The Morgan fingerprint density at radius 3 is 2.58 bits per heavy atom. The highest BCUT2D eigenvalue weighted by molar-refractivity contribution is 6.31. The van der Waals surface area contributed by atoms with Gasteiger partial charge in [0.25, 0.3) is 5.91 Å². The van der Waals surface area contributed by atoms with Crippen LogP contribution in [0.25, 0.3) is 11.0 Å². The van der Waals surface area contributed by atoms with E-state index in [-0.39, 0.29) is 33.8 Å². The van der Waals surface area contributed by atoms with E-state index in [1.165, 1.54) is 47.4 Å². The van der Waals surface area contributed by atoms with Gasteiger partial charge in [-0.15, -0.1) is 0 Å². The number of ether oxygens (including phenoxy) is 1. The van der Waals surface area contributed by atoms with Gasteiger partial charge in [-0.3, -0.25) is 14.5 Å². The molecule has 0 radical (unpaired) electrons.